The molecule has 0 spiro atoms. The highest BCUT2D eigenvalue weighted by Crippen LogP contribution is 2.23. The van der Waals surface area contributed by atoms with Gasteiger partial charge < -0.3 is 14.5 Å². The summed E-state index contributed by atoms with van der Waals surface area (Å²) in [6, 6.07) is 7.60. The average Bonchev–Trinajstić information content (AvgIpc) is 2.68. The first-order valence-electron chi connectivity index (χ1n) is 9.47. The van der Waals surface area contributed by atoms with Crippen LogP contribution in [0, 0.1) is 0 Å². The van der Waals surface area contributed by atoms with Gasteiger partial charge in [-0.05, 0) is 44.6 Å². The summed E-state index contributed by atoms with van der Waals surface area (Å²) >= 11 is 0. The minimum absolute atomic E-state index is 0.0857. The third kappa shape index (κ3) is 4.87. The highest BCUT2D eigenvalue weighted by atomic mass is 32.2. The number of morpholine rings is 1. The molecule has 3 rings (SSSR count). The Bertz CT molecular complexity index is 760. The number of piperidine rings is 1. The van der Waals surface area contributed by atoms with Gasteiger partial charge in [-0.3, -0.25) is 4.79 Å². The van der Waals surface area contributed by atoms with Gasteiger partial charge in [-0.2, -0.15) is 4.31 Å². The molecule has 2 saturated heterocycles. The van der Waals surface area contributed by atoms with Crippen molar-refractivity contribution >= 4 is 15.9 Å². The van der Waals surface area contributed by atoms with Crippen LogP contribution in [0.25, 0.3) is 0 Å². The van der Waals surface area contributed by atoms with Crippen LogP contribution >= 0.6 is 0 Å². The standard InChI is InChI=1S/C19H29N3O4S/c1-20(2)14-16-5-3-6-17(13-16)19(23)21-8-4-7-18(15-21)27(24,25)22-9-11-26-12-10-22/h3,5-6,13,18H,4,7-12,14-15H2,1-2H3. The SMILES string of the molecule is CN(C)Cc1cccc(C(=O)N2CCCC(S(=O)(=O)N3CCOCC3)C2)c1. The second-order valence-corrected chi connectivity index (χ2v) is 9.72. The Hall–Kier alpha value is -1.48. The van der Waals surface area contributed by atoms with E-state index >= 15 is 0 Å². The summed E-state index contributed by atoms with van der Waals surface area (Å²) in [6.07, 6.45) is 1.31. The number of rotatable bonds is 5. The second kappa shape index (κ2) is 8.68. The maximum Gasteiger partial charge on any atom is 0.253 e. The Labute approximate surface area is 161 Å². The van der Waals surface area contributed by atoms with E-state index < -0.39 is 15.3 Å². The molecule has 0 bridgehead atoms. The van der Waals surface area contributed by atoms with E-state index in [4.69, 9.17) is 4.74 Å². The van der Waals surface area contributed by atoms with Crippen molar-refractivity contribution in [2.75, 3.05) is 53.5 Å². The van der Waals surface area contributed by atoms with Crippen LogP contribution in [0.2, 0.25) is 0 Å². The van der Waals surface area contributed by atoms with Crippen LogP contribution < -0.4 is 0 Å². The maximum atomic E-state index is 13.0. The van der Waals surface area contributed by atoms with Crippen LogP contribution in [0.3, 0.4) is 0 Å². The van der Waals surface area contributed by atoms with E-state index in [1.807, 2.05) is 38.4 Å². The fourth-order valence-electron chi connectivity index (χ4n) is 3.73. The lowest BCUT2D eigenvalue weighted by atomic mass is 10.1. The zero-order valence-electron chi connectivity index (χ0n) is 16.1. The predicted octanol–water partition coefficient (Wildman–Crippen LogP) is 1.01. The van der Waals surface area contributed by atoms with E-state index in [2.05, 4.69) is 4.90 Å². The van der Waals surface area contributed by atoms with Crippen LogP contribution in [0.4, 0.5) is 0 Å². The van der Waals surface area contributed by atoms with Crippen LogP contribution in [0.1, 0.15) is 28.8 Å². The summed E-state index contributed by atoms with van der Waals surface area (Å²) in [5, 5.41) is -0.529. The highest BCUT2D eigenvalue weighted by molar-refractivity contribution is 7.89. The number of ether oxygens (including phenoxy) is 1. The first kappa shape index (κ1) is 20.3. The molecular weight excluding hydrogens is 366 g/mol. The normalized spacial score (nSPS) is 22.2. The second-order valence-electron chi connectivity index (χ2n) is 7.51. The van der Waals surface area contributed by atoms with Gasteiger partial charge in [0.1, 0.15) is 0 Å². The van der Waals surface area contributed by atoms with Gasteiger partial charge in [-0.1, -0.05) is 12.1 Å². The van der Waals surface area contributed by atoms with Crippen molar-refractivity contribution in [2.24, 2.45) is 0 Å². The molecule has 0 radical (unpaired) electrons. The van der Waals surface area contributed by atoms with Gasteiger partial charge in [0.25, 0.3) is 5.91 Å². The summed E-state index contributed by atoms with van der Waals surface area (Å²) in [6.45, 7) is 3.30. The van der Waals surface area contributed by atoms with Gasteiger partial charge in [-0.25, -0.2) is 8.42 Å². The molecule has 1 aromatic carbocycles. The molecule has 0 saturated carbocycles. The van der Waals surface area contributed by atoms with Crippen molar-refractivity contribution in [3.8, 4) is 0 Å². The van der Waals surface area contributed by atoms with Crippen molar-refractivity contribution in [1.82, 2.24) is 14.1 Å². The minimum Gasteiger partial charge on any atom is -0.379 e. The van der Waals surface area contributed by atoms with Crippen LogP contribution in [-0.4, -0.2) is 87.2 Å². The van der Waals surface area contributed by atoms with Gasteiger partial charge >= 0.3 is 0 Å². The van der Waals surface area contributed by atoms with E-state index in [9.17, 15) is 13.2 Å². The molecule has 0 aliphatic carbocycles. The molecule has 1 atom stereocenters. The highest BCUT2D eigenvalue weighted by Gasteiger charge is 2.37. The lowest BCUT2D eigenvalue weighted by molar-refractivity contribution is 0.0685. The quantitative estimate of drug-likeness (QED) is 0.744. The average molecular weight is 396 g/mol. The number of nitrogens with zero attached hydrogens (tertiary/aromatic N) is 3. The molecule has 1 unspecified atom stereocenters. The number of carbonyl (C=O) groups is 1. The minimum atomic E-state index is -3.41. The van der Waals surface area contributed by atoms with E-state index in [0.29, 0.717) is 51.3 Å². The molecule has 2 heterocycles. The van der Waals surface area contributed by atoms with E-state index in [0.717, 1.165) is 12.1 Å². The first-order chi connectivity index (χ1) is 12.9. The van der Waals surface area contributed by atoms with Gasteiger partial charge in [-0.15, -0.1) is 0 Å². The number of amides is 1. The molecule has 7 nitrogen and oxygen atoms in total. The summed E-state index contributed by atoms with van der Waals surface area (Å²) < 4.78 is 32.7. The number of benzene rings is 1. The van der Waals surface area contributed by atoms with Crippen molar-refractivity contribution in [2.45, 2.75) is 24.6 Å². The molecule has 150 valence electrons. The molecule has 2 aliphatic heterocycles. The van der Waals surface area contributed by atoms with Crippen molar-refractivity contribution in [3.05, 3.63) is 35.4 Å². The first-order valence-corrected chi connectivity index (χ1v) is 11.0. The Morgan fingerprint density at radius 1 is 1.22 bits per heavy atom. The number of hydrogen-bond acceptors (Lipinski definition) is 5. The lowest BCUT2D eigenvalue weighted by Crippen LogP contribution is -2.51. The summed E-state index contributed by atoms with van der Waals surface area (Å²) in [5.74, 6) is -0.0857. The van der Waals surface area contributed by atoms with Gasteiger partial charge in [0, 0.05) is 38.3 Å². The molecule has 27 heavy (non-hydrogen) atoms. The number of sulfonamides is 1. The molecule has 2 fully saturated rings. The zero-order chi connectivity index (χ0) is 19.4. The van der Waals surface area contributed by atoms with Gasteiger partial charge in [0.15, 0.2) is 0 Å². The van der Waals surface area contributed by atoms with Crippen molar-refractivity contribution in [1.29, 1.82) is 0 Å². The third-order valence-electron chi connectivity index (χ3n) is 5.09. The molecular formula is C19H29N3O4S. The van der Waals surface area contributed by atoms with Crippen LogP contribution in [-0.2, 0) is 21.3 Å². The fourth-order valence-corrected chi connectivity index (χ4v) is 5.64. The maximum absolute atomic E-state index is 13.0. The third-order valence-corrected chi connectivity index (χ3v) is 7.40. The smallest absolute Gasteiger partial charge is 0.253 e. The number of carbonyl (C=O) groups excluding carboxylic acids is 1. The van der Waals surface area contributed by atoms with Crippen molar-refractivity contribution in [3.63, 3.8) is 0 Å². The monoisotopic (exact) mass is 395 g/mol. The van der Waals surface area contributed by atoms with E-state index in [1.54, 1.807) is 4.90 Å². The van der Waals surface area contributed by atoms with Crippen molar-refractivity contribution < 1.29 is 17.9 Å². The number of likely N-dealkylation sites (tertiary alicyclic amines) is 1. The molecule has 1 amide bonds. The Kier molecular flexibility index (Phi) is 6.52. The molecule has 0 aromatic heterocycles. The van der Waals surface area contributed by atoms with E-state index in [1.165, 1.54) is 4.31 Å². The Morgan fingerprint density at radius 2 is 1.96 bits per heavy atom. The lowest BCUT2D eigenvalue weighted by Gasteiger charge is -2.36. The van der Waals surface area contributed by atoms with Gasteiger partial charge in [0.05, 0.1) is 18.5 Å². The topological polar surface area (TPSA) is 70.2 Å². The summed E-state index contributed by atoms with van der Waals surface area (Å²) in [5.41, 5.74) is 1.69. The Morgan fingerprint density at radius 3 is 2.67 bits per heavy atom. The molecule has 0 N–H and O–H groups in total. The largest absolute Gasteiger partial charge is 0.379 e. The molecule has 1 aromatic rings. The summed E-state index contributed by atoms with van der Waals surface area (Å²) in [4.78, 5) is 16.7. The number of hydrogen-bond donors (Lipinski definition) is 0. The molecule has 2 aliphatic rings. The fraction of sp³-hybridized carbons (Fsp3) is 0.632. The van der Waals surface area contributed by atoms with Crippen LogP contribution in [0.5, 0.6) is 0 Å². The van der Waals surface area contributed by atoms with Gasteiger partial charge in [0.2, 0.25) is 10.0 Å². The van der Waals surface area contributed by atoms with Crippen LogP contribution in [0.15, 0.2) is 24.3 Å². The molecule has 8 heteroatoms. The van der Waals surface area contributed by atoms with E-state index in [-0.39, 0.29) is 12.5 Å². The Balaban J connectivity index is 1.71. The zero-order valence-corrected chi connectivity index (χ0v) is 17.0. The summed E-state index contributed by atoms with van der Waals surface area (Å²) in [7, 11) is 0.568. The predicted molar refractivity (Wildman–Crippen MR) is 104 cm³/mol.